The van der Waals surface area contributed by atoms with Gasteiger partial charge in [-0.15, -0.1) is 17.5 Å². The highest BCUT2D eigenvalue weighted by Crippen LogP contribution is 2.39. The molecule has 7 nitrogen and oxygen atoms in total. The van der Waals surface area contributed by atoms with Gasteiger partial charge in [-0.1, -0.05) is 0 Å². The van der Waals surface area contributed by atoms with Crippen LogP contribution in [0.4, 0.5) is 10.1 Å². The van der Waals surface area contributed by atoms with Crippen LogP contribution in [0.15, 0.2) is 21.3 Å². The van der Waals surface area contributed by atoms with Crippen LogP contribution in [0.1, 0.15) is 26.2 Å². The first kappa shape index (κ1) is 19.7. The lowest BCUT2D eigenvalue weighted by atomic mass is 9.89. The third kappa shape index (κ3) is 3.96. The fourth-order valence-electron chi connectivity index (χ4n) is 3.95. The fraction of sp³-hybridized carbons (Fsp3) is 0.556. The van der Waals surface area contributed by atoms with E-state index in [9.17, 15) is 9.18 Å². The SMILES string of the molecule is C[C@@H](C1CCNCC1)N1CCCOc2c(F)cc(-c3n[nH]c(=O)o3)cc21.Cl. The molecule has 148 valence electrons. The van der Waals surface area contributed by atoms with Gasteiger partial charge in [0.05, 0.1) is 12.3 Å². The van der Waals surface area contributed by atoms with Crippen molar-refractivity contribution in [2.45, 2.75) is 32.2 Å². The Morgan fingerprint density at radius 2 is 2.11 bits per heavy atom. The Morgan fingerprint density at radius 3 is 2.81 bits per heavy atom. The second-order valence-corrected chi connectivity index (χ2v) is 6.95. The number of nitrogens with one attached hydrogen (secondary N) is 2. The molecule has 27 heavy (non-hydrogen) atoms. The second kappa shape index (κ2) is 8.31. The number of aromatic nitrogens is 2. The van der Waals surface area contributed by atoms with Gasteiger partial charge in [-0.2, -0.15) is 0 Å². The second-order valence-electron chi connectivity index (χ2n) is 6.95. The molecule has 1 aromatic carbocycles. The van der Waals surface area contributed by atoms with Crippen LogP contribution in [0, 0.1) is 11.7 Å². The topological polar surface area (TPSA) is 83.4 Å². The standard InChI is InChI=1S/C18H23FN4O3.ClH/c1-11(12-3-5-20-6-4-12)23-7-2-8-25-16-14(19)9-13(10-15(16)23)17-21-22-18(24)26-17;/h9-12,20H,2-8H2,1H3,(H,22,24);1H/t11-;/m0./s1. The number of halogens is 2. The molecular weight excluding hydrogens is 375 g/mol. The van der Waals surface area contributed by atoms with Gasteiger partial charge in [0.25, 0.3) is 0 Å². The van der Waals surface area contributed by atoms with Gasteiger partial charge in [0, 0.05) is 18.2 Å². The van der Waals surface area contributed by atoms with Crippen LogP contribution < -0.4 is 20.7 Å². The number of hydrogen-bond acceptors (Lipinski definition) is 6. The molecule has 3 heterocycles. The summed E-state index contributed by atoms with van der Waals surface area (Å²) in [5.41, 5.74) is 1.13. The van der Waals surface area contributed by atoms with Gasteiger partial charge in [0.2, 0.25) is 5.89 Å². The molecule has 0 amide bonds. The molecule has 1 atom stereocenters. The molecular formula is C18H24ClFN4O3. The van der Waals surface area contributed by atoms with E-state index in [1.807, 2.05) is 0 Å². The molecule has 4 rings (SSSR count). The normalized spacial score (nSPS) is 18.8. The Labute approximate surface area is 162 Å². The molecule has 2 N–H and O–H groups in total. The number of nitrogens with zero attached hydrogens (tertiary/aromatic N) is 2. The highest BCUT2D eigenvalue weighted by molar-refractivity contribution is 5.85. The van der Waals surface area contributed by atoms with Gasteiger partial charge in [-0.05, 0) is 57.3 Å². The van der Waals surface area contributed by atoms with Crippen LogP contribution in [0.2, 0.25) is 0 Å². The maximum atomic E-state index is 14.8. The largest absolute Gasteiger partial charge is 0.488 e. The van der Waals surface area contributed by atoms with Crippen LogP contribution in [-0.4, -0.2) is 42.5 Å². The fourth-order valence-corrected chi connectivity index (χ4v) is 3.95. The van der Waals surface area contributed by atoms with Crippen molar-refractivity contribution in [2.75, 3.05) is 31.1 Å². The Bertz CT molecular complexity index is 834. The van der Waals surface area contributed by atoms with Crippen LogP contribution in [0.5, 0.6) is 5.75 Å². The highest BCUT2D eigenvalue weighted by atomic mass is 35.5. The summed E-state index contributed by atoms with van der Waals surface area (Å²) in [5, 5.41) is 9.43. The monoisotopic (exact) mass is 398 g/mol. The number of piperidine rings is 1. The summed E-state index contributed by atoms with van der Waals surface area (Å²) in [6.45, 7) is 5.50. The number of benzene rings is 1. The minimum absolute atomic E-state index is 0. The summed E-state index contributed by atoms with van der Waals surface area (Å²) < 4.78 is 25.5. The van der Waals surface area contributed by atoms with Gasteiger partial charge in [-0.3, -0.25) is 0 Å². The number of hydrogen-bond donors (Lipinski definition) is 2. The Hall–Kier alpha value is -2.06. The highest BCUT2D eigenvalue weighted by Gasteiger charge is 2.30. The van der Waals surface area contributed by atoms with Crippen LogP contribution in [0.25, 0.3) is 11.5 Å². The molecule has 2 aliphatic rings. The molecule has 0 radical (unpaired) electrons. The van der Waals surface area contributed by atoms with Crippen molar-refractivity contribution in [3.05, 3.63) is 28.5 Å². The van der Waals surface area contributed by atoms with Gasteiger partial charge < -0.3 is 19.4 Å². The molecule has 0 aliphatic carbocycles. The van der Waals surface area contributed by atoms with E-state index in [0.717, 1.165) is 38.9 Å². The summed E-state index contributed by atoms with van der Waals surface area (Å²) in [6.07, 6.45) is 3.03. The van der Waals surface area contributed by atoms with Gasteiger partial charge in [0.1, 0.15) is 0 Å². The van der Waals surface area contributed by atoms with Gasteiger partial charge in [0.15, 0.2) is 11.6 Å². The maximum Gasteiger partial charge on any atom is 0.434 e. The minimum Gasteiger partial charge on any atom is -0.488 e. The van der Waals surface area contributed by atoms with Crippen molar-refractivity contribution in [1.82, 2.24) is 15.5 Å². The van der Waals surface area contributed by atoms with Crippen molar-refractivity contribution < 1.29 is 13.5 Å². The van der Waals surface area contributed by atoms with E-state index in [-0.39, 0.29) is 30.1 Å². The zero-order valence-electron chi connectivity index (χ0n) is 15.2. The summed E-state index contributed by atoms with van der Waals surface area (Å²) in [7, 11) is 0. The van der Waals surface area contributed by atoms with E-state index < -0.39 is 11.6 Å². The molecule has 0 spiro atoms. The predicted molar refractivity (Wildman–Crippen MR) is 102 cm³/mol. The molecule has 2 aromatic rings. The first-order valence-electron chi connectivity index (χ1n) is 9.13. The lowest BCUT2D eigenvalue weighted by molar-refractivity contribution is 0.303. The number of ether oxygens (including phenoxy) is 1. The number of H-pyrrole nitrogens is 1. The van der Waals surface area contributed by atoms with Crippen LogP contribution in [-0.2, 0) is 0 Å². The smallest absolute Gasteiger partial charge is 0.434 e. The lowest BCUT2D eigenvalue weighted by Crippen LogP contribution is -2.43. The molecule has 2 aliphatic heterocycles. The minimum atomic E-state index is -0.661. The molecule has 1 aromatic heterocycles. The first-order chi connectivity index (χ1) is 12.6. The Balaban J connectivity index is 0.00000210. The summed E-state index contributed by atoms with van der Waals surface area (Å²) in [5.74, 6) is -0.239. The molecule has 1 saturated heterocycles. The van der Waals surface area contributed by atoms with E-state index in [0.29, 0.717) is 23.8 Å². The van der Waals surface area contributed by atoms with E-state index in [2.05, 4.69) is 27.3 Å². The van der Waals surface area contributed by atoms with Crippen molar-refractivity contribution in [3.8, 4) is 17.2 Å². The quantitative estimate of drug-likeness (QED) is 0.826. The molecule has 0 bridgehead atoms. The van der Waals surface area contributed by atoms with Crippen LogP contribution >= 0.6 is 12.4 Å². The van der Waals surface area contributed by atoms with Crippen molar-refractivity contribution >= 4 is 18.1 Å². The molecule has 1 fully saturated rings. The number of anilines is 1. The van der Waals surface area contributed by atoms with E-state index in [1.54, 1.807) is 6.07 Å². The van der Waals surface area contributed by atoms with E-state index >= 15 is 0 Å². The van der Waals surface area contributed by atoms with Crippen molar-refractivity contribution in [3.63, 3.8) is 0 Å². The van der Waals surface area contributed by atoms with Crippen LogP contribution in [0.3, 0.4) is 0 Å². The first-order valence-corrected chi connectivity index (χ1v) is 9.13. The zero-order chi connectivity index (χ0) is 18.1. The predicted octanol–water partition coefficient (Wildman–Crippen LogP) is 2.57. The Morgan fingerprint density at radius 1 is 1.33 bits per heavy atom. The summed E-state index contributed by atoms with van der Waals surface area (Å²) in [4.78, 5) is 13.5. The van der Waals surface area contributed by atoms with E-state index in [1.165, 1.54) is 6.07 Å². The molecule has 9 heteroatoms. The maximum absolute atomic E-state index is 14.8. The number of aromatic amines is 1. The average Bonchev–Trinajstić information content (AvgIpc) is 2.97. The molecule has 0 saturated carbocycles. The number of rotatable bonds is 3. The van der Waals surface area contributed by atoms with Gasteiger partial charge >= 0.3 is 5.76 Å². The lowest BCUT2D eigenvalue weighted by Gasteiger charge is -2.38. The zero-order valence-corrected chi connectivity index (χ0v) is 16.0. The summed E-state index contributed by atoms with van der Waals surface area (Å²) in [6, 6.07) is 3.37. The Kier molecular flexibility index (Phi) is 6.06. The number of fused-ring (bicyclic) bond motifs is 1. The molecule has 0 unspecified atom stereocenters. The van der Waals surface area contributed by atoms with Crippen molar-refractivity contribution in [1.29, 1.82) is 0 Å². The summed E-state index contributed by atoms with van der Waals surface area (Å²) >= 11 is 0. The third-order valence-electron chi connectivity index (χ3n) is 5.37. The average molecular weight is 399 g/mol. The van der Waals surface area contributed by atoms with Gasteiger partial charge in [-0.25, -0.2) is 14.3 Å². The van der Waals surface area contributed by atoms with E-state index in [4.69, 9.17) is 9.15 Å². The third-order valence-corrected chi connectivity index (χ3v) is 5.37. The van der Waals surface area contributed by atoms with Crippen molar-refractivity contribution in [2.24, 2.45) is 5.92 Å².